The van der Waals surface area contributed by atoms with E-state index in [9.17, 15) is 4.79 Å². The van der Waals surface area contributed by atoms with Crippen LogP contribution in [0.1, 0.15) is 12.5 Å². The Bertz CT molecular complexity index is 1160. The zero-order chi connectivity index (χ0) is 18.8. The zero-order valence-corrected chi connectivity index (χ0v) is 15.7. The molecular weight excluding hydrogens is 356 g/mol. The van der Waals surface area contributed by atoms with Crippen LogP contribution in [0, 0.1) is 0 Å². The van der Waals surface area contributed by atoms with E-state index in [1.54, 1.807) is 18.2 Å². The van der Waals surface area contributed by atoms with Crippen molar-refractivity contribution >= 4 is 51.1 Å². The number of carbonyl (C=O) groups is 1. The lowest BCUT2D eigenvalue weighted by atomic mass is 10.1. The molecule has 134 valence electrons. The summed E-state index contributed by atoms with van der Waals surface area (Å²) < 4.78 is 2.29. The molecule has 0 bridgehead atoms. The van der Waals surface area contributed by atoms with Crippen molar-refractivity contribution in [1.82, 2.24) is 4.57 Å². The van der Waals surface area contributed by atoms with E-state index in [0.717, 1.165) is 23.2 Å². The molecule has 0 saturated carbocycles. The van der Waals surface area contributed by atoms with Crippen molar-refractivity contribution in [1.29, 1.82) is 0 Å². The van der Waals surface area contributed by atoms with Crippen molar-refractivity contribution in [2.24, 2.45) is 0 Å². The number of anilines is 1. The molecule has 0 radical (unpaired) electrons. The van der Waals surface area contributed by atoms with Gasteiger partial charge in [-0.1, -0.05) is 41.9 Å². The van der Waals surface area contributed by atoms with E-state index in [4.69, 9.17) is 11.6 Å². The number of halogens is 1. The summed E-state index contributed by atoms with van der Waals surface area (Å²) in [6, 6.07) is 21.8. The van der Waals surface area contributed by atoms with Crippen LogP contribution in [-0.2, 0) is 11.3 Å². The number of amides is 1. The number of aryl methyl sites for hydroxylation is 1. The summed E-state index contributed by atoms with van der Waals surface area (Å²) in [5.41, 5.74) is 4.10. The molecule has 1 heterocycles. The Hall–Kier alpha value is -3.04. The zero-order valence-electron chi connectivity index (χ0n) is 14.9. The van der Waals surface area contributed by atoms with Crippen LogP contribution in [-0.4, -0.2) is 10.5 Å². The molecule has 27 heavy (non-hydrogen) atoms. The Morgan fingerprint density at radius 1 is 1.00 bits per heavy atom. The lowest BCUT2D eigenvalue weighted by molar-refractivity contribution is -0.111. The smallest absolute Gasteiger partial charge is 0.248 e. The van der Waals surface area contributed by atoms with E-state index in [2.05, 4.69) is 41.1 Å². The van der Waals surface area contributed by atoms with Gasteiger partial charge < -0.3 is 9.88 Å². The number of nitrogens with zero attached hydrogens (tertiary/aromatic N) is 1. The van der Waals surface area contributed by atoms with Crippen LogP contribution >= 0.6 is 11.6 Å². The van der Waals surface area contributed by atoms with Gasteiger partial charge in [-0.25, -0.2) is 0 Å². The number of carbonyl (C=O) groups excluding carboxylic acids is 1. The molecule has 4 heteroatoms. The second kappa shape index (κ2) is 7.29. The Labute approximate surface area is 162 Å². The summed E-state index contributed by atoms with van der Waals surface area (Å²) in [6.07, 6.45) is 3.30. The molecule has 0 unspecified atom stereocenters. The van der Waals surface area contributed by atoms with Gasteiger partial charge in [-0.3, -0.25) is 4.79 Å². The van der Waals surface area contributed by atoms with Crippen molar-refractivity contribution < 1.29 is 4.79 Å². The summed E-state index contributed by atoms with van der Waals surface area (Å²) in [4.78, 5) is 12.3. The molecule has 1 N–H and O–H groups in total. The molecule has 0 fully saturated rings. The third-order valence-corrected chi connectivity index (χ3v) is 4.91. The molecule has 0 aliphatic carbocycles. The third kappa shape index (κ3) is 3.46. The van der Waals surface area contributed by atoms with E-state index in [0.29, 0.717) is 5.02 Å². The first-order valence-electron chi connectivity index (χ1n) is 8.91. The quantitative estimate of drug-likeness (QED) is 0.429. The minimum Gasteiger partial charge on any atom is -0.341 e. The molecular formula is C23H19ClN2O. The lowest BCUT2D eigenvalue weighted by Crippen LogP contribution is -2.07. The number of aromatic nitrogens is 1. The van der Waals surface area contributed by atoms with Crippen molar-refractivity contribution in [3.63, 3.8) is 0 Å². The van der Waals surface area contributed by atoms with Gasteiger partial charge in [0, 0.05) is 45.1 Å². The summed E-state index contributed by atoms with van der Waals surface area (Å²) in [7, 11) is 0. The van der Waals surface area contributed by atoms with E-state index >= 15 is 0 Å². The molecule has 0 atom stereocenters. The maximum absolute atomic E-state index is 12.3. The monoisotopic (exact) mass is 374 g/mol. The van der Waals surface area contributed by atoms with Gasteiger partial charge in [0.1, 0.15) is 0 Å². The molecule has 0 aliphatic heterocycles. The number of hydrogen-bond acceptors (Lipinski definition) is 1. The van der Waals surface area contributed by atoms with Crippen molar-refractivity contribution in [2.75, 3.05) is 5.32 Å². The fourth-order valence-corrected chi connectivity index (χ4v) is 3.53. The van der Waals surface area contributed by atoms with Crippen LogP contribution < -0.4 is 5.32 Å². The van der Waals surface area contributed by atoms with Gasteiger partial charge in [-0.15, -0.1) is 0 Å². The summed E-state index contributed by atoms with van der Waals surface area (Å²) >= 11 is 5.88. The van der Waals surface area contributed by atoms with E-state index in [1.807, 2.05) is 30.3 Å². The van der Waals surface area contributed by atoms with Crippen molar-refractivity contribution in [3.8, 4) is 0 Å². The van der Waals surface area contributed by atoms with Gasteiger partial charge in [-0.2, -0.15) is 0 Å². The first-order valence-corrected chi connectivity index (χ1v) is 9.29. The molecule has 3 nitrogen and oxygen atoms in total. The van der Waals surface area contributed by atoms with Crippen molar-refractivity contribution in [2.45, 2.75) is 13.5 Å². The molecule has 1 amide bonds. The highest BCUT2D eigenvalue weighted by atomic mass is 35.5. The lowest BCUT2D eigenvalue weighted by Gasteiger charge is -2.05. The topological polar surface area (TPSA) is 34.0 Å². The second-order valence-electron chi connectivity index (χ2n) is 6.37. The number of fused-ring (bicyclic) bond motifs is 3. The van der Waals surface area contributed by atoms with Gasteiger partial charge in [-0.05, 0) is 55.0 Å². The number of benzene rings is 3. The summed E-state index contributed by atoms with van der Waals surface area (Å²) in [5.74, 6) is -0.163. The van der Waals surface area contributed by atoms with Crippen molar-refractivity contribution in [3.05, 3.63) is 83.4 Å². The summed E-state index contributed by atoms with van der Waals surface area (Å²) in [6.45, 7) is 3.04. The van der Waals surface area contributed by atoms with Crippen LogP contribution in [0.4, 0.5) is 5.69 Å². The highest BCUT2D eigenvalue weighted by Crippen LogP contribution is 2.30. The fraction of sp³-hybridized carbons (Fsp3) is 0.0870. The van der Waals surface area contributed by atoms with Crippen LogP contribution in [0.25, 0.3) is 27.9 Å². The molecule has 0 saturated heterocycles. The molecule has 1 aromatic heterocycles. The highest BCUT2D eigenvalue weighted by Gasteiger charge is 2.10. The Kier molecular flexibility index (Phi) is 4.69. The number of rotatable bonds is 4. The predicted molar refractivity (Wildman–Crippen MR) is 114 cm³/mol. The number of nitrogens with one attached hydrogen (secondary N) is 1. The van der Waals surface area contributed by atoms with E-state index < -0.39 is 0 Å². The van der Waals surface area contributed by atoms with E-state index in [1.165, 1.54) is 22.5 Å². The predicted octanol–water partition coefficient (Wildman–Crippen LogP) is 6.12. The van der Waals surface area contributed by atoms with Gasteiger partial charge in [0.2, 0.25) is 5.91 Å². The summed E-state index contributed by atoms with van der Waals surface area (Å²) in [5, 5.41) is 5.97. The van der Waals surface area contributed by atoms with Crippen LogP contribution in [0.2, 0.25) is 5.02 Å². The van der Waals surface area contributed by atoms with Gasteiger partial charge in [0.25, 0.3) is 0 Å². The average molecular weight is 375 g/mol. The normalized spacial score (nSPS) is 11.5. The maximum atomic E-state index is 12.3. The van der Waals surface area contributed by atoms with Crippen LogP contribution in [0.5, 0.6) is 0 Å². The fourth-order valence-electron chi connectivity index (χ4n) is 3.40. The van der Waals surface area contributed by atoms with Gasteiger partial charge in [0.15, 0.2) is 0 Å². The molecule has 4 aromatic rings. The SMILES string of the molecule is CCn1c2ccccc2c2cc(NC(=O)/C=C/c3ccc(Cl)cc3)ccc21. The minimum atomic E-state index is -0.163. The Morgan fingerprint density at radius 3 is 2.52 bits per heavy atom. The highest BCUT2D eigenvalue weighted by molar-refractivity contribution is 6.30. The van der Waals surface area contributed by atoms with Gasteiger partial charge in [0.05, 0.1) is 0 Å². The molecule has 0 spiro atoms. The second-order valence-corrected chi connectivity index (χ2v) is 6.80. The Morgan fingerprint density at radius 2 is 1.74 bits per heavy atom. The molecule has 0 aliphatic rings. The maximum Gasteiger partial charge on any atom is 0.248 e. The average Bonchev–Trinajstić information content (AvgIpc) is 3.01. The first kappa shape index (κ1) is 17.4. The third-order valence-electron chi connectivity index (χ3n) is 4.65. The molecule has 3 aromatic carbocycles. The van der Waals surface area contributed by atoms with E-state index in [-0.39, 0.29) is 5.91 Å². The largest absolute Gasteiger partial charge is 0.341 e. The molecule has 4 rings (SSSR count). The minimum absolute atomic E-state index is 0.163. The standard InChI is InChI=1S/C23H19ClN2O/c1-2-26-21-6-4-3-5-19(21)20-15-18(12-13-22(20)26)25-23(27)14-9-16-7-10-17(24)11-8-16/h3-15H,2H2,1H3,(H,25,27)/b14-9+. The number of para-hydroxylation sites is 1. The van der Waals surface area contributed by atoms with Crippen LogP contribution in [0.3, 0.4) is 0 Å². The van der Waals surface area contributed by atoms with Crippen LogP contribution in [0.15, 0.2) is 72.8 Å². The van der Waals surface area contributed by atoms with Gasteiger partial charge >= 0.3 is 0 Å². The first-order chi connectivity index (χ1) is 13.2. The Balaban J connectivity index is 1.61. The number of hydrogen-bond donors (Lipinski definition) is 1.